The van der Waals surface area contributed by atoms with Crippen LogP contribution in [-0.4, -0.2) is 19.9 Å². The molecule has 126 valence electrons. The summed E-state index contributed by atoms with van der Waals surface area (Å²) >= 11 is 0. The number of nitrogens with zero attached hydrogens (tertiary/aromatic N) is 4. The van der Waals surface area contributed by atoms with Crippen molar-refractivity contribution in [1.82, 2.24) is 19.9 Å². The van der Waals surface area contributed by atoms with Gasteiger partial charge in [0.15, 0.2) is 0 Å². The molecule has 0 bridgehead atoms. The van der Waals surface area contributed by atoms with Gasteiger partial charge in [-0.25, -0.2) is 15.0 Å². The van der Waals surface area contributed by atoms with Gasteiger partial charge in [0.05, 0.1) is 5.69 Å². The molecule has 0 saturated carbocycles. The molecule has 1 aliphatic rings. The zero-order chi connectivity index (χ0) is 17.1. The summed E-state index contributed by atoms with van der Waals surface area (Å²) in [6.45, 7) is 0.393. The summed E-state index contributed by atoms with van der Waals surface area (Å²) in [5.41, 5.74) is 10.9. The molecule has 0 saturated heterocycles. The topological polar surface area (TPSA) is 86.8 Å². The Balaban J connectivity index is 1.68. The highest BCUT2D eigenvalue weighted by molar-refractivity contribution is 5.68. The van der Waals surface area contributed by atoms with Gasteiger partial charge in [-0.1, -0.05) is 6.07 Å². The molecule has 25 heavy (non-hydrogen) atoms. The molecule has 1 aliphatic carbocycles. The second kappa shape index (κ2) is 6.84. The summed E-state index contributed by atoms with van der Waals surface area (Å²) in [5, 5.41) is 0. The van der Waals surface area contributed by atoms with E-state index in [4.69, 9.17) is 15.5 Å². The van der Waals surface area contributed by atoms with Crippen LogP contribution in [0.2, 0.25) is 0 Å². The molecular formula is C19H19N5O. The minimum atomic E-state index is 0.276. The number of aromatic nitrogens is 4. The third-order valence-electron chi connectivity index (χ3n) is 4.35. The molecular weight excluding hydrogens is 314 g/mol. The molecule has 6 nitrogen and oxygen atoms in total. The van der Waals surface area contributed by atoms with E-state index in [0.717, 1.165) is 41.8 Å². The van der Waals surface area contributed by atoms with Crippen molar-refractivity contribution in [3.8, 4) is 17.0 Å². The van der Waals surface area contributed by atoms with Crippen molar-refractivity contribution in [2.24, 2.45) is 0 Å². The summed E-state index contributed by atoms with van der Waals surface area (Å²) in [4.78, 5) is 17.2. The average Bonchev–Trinajstić information content (AvgIpc) is 2.67. The molecule has 0 aliphatic heterocycles. The van der Waals surface area contributed by atoms with Crippen molar-refractivity contribution in [2.45, 2.75) is 32.3 Å². The lowest BCUT2D eigenvalue weighted by Gasteiger charge is -2.20. The summed E-state index contributed by atoms with van der Waals surface area (Å²) in [6.07, 6.45) is 9.59. The molecule has 0 fully saturated rings. The standard InChI is InChI=1S/C19H19N5O/c20-19-22-10-13(11-23-19)16-9-18(24-17-7-2-1-6-15(16)17)25-12-14-5-3-4-8-21-14/h3-5,8-11H,1-2,6-7,12H2,(H2,20,22,23). The Bertz CT molecular complexity index is 865. The summed E-state index contributed by atoms with van der Waals surface area (Å²) in [5.74, 6) is 0.886. The van der Waals surface area contributed by atoms with Crippen LogP contribution in [0.5, 0.6) is 5.88 Å². The van der Waals surface area contributed by atoms with Crippen LogP contribution in [-0.2, 0) is 19.4 Å². The van der Waals surface area contributed by atoms with E-state index in [1.165, 1.54) is 12.0 Å². The Hall–Kier alpha value is -3.02. The molecule has 0 spiro atoms. The Morgan fingerprint density at radius 2 is 1.88 bits per heavy atom. The lowest BCUT2D eigenvalue weighted by molar-refractivity contribution is 0.288. The Labute approximate surface area is 146 Å². The Morgan fingerprint density at radius 1 is 1.04 bits per heavy atom. The number of nitrogens with two attached hydrogens (primary N) is 1. The predicted octanol–water partition coefficient (Wildman–Crippen LogP) is 2.97. The fourth-order valence-electron chi connectivity index (χ4n) is 3.12. The largest absolute Gasteiger partial charge is 0.471 e. The van der Waals surface area contributed by atoms with Gasteiger partial charge < -0.3 is 10.5 Å². The minimum absolute atomic E-state index is 0.276. The van der Waals surface area contributed by atoms with Gasteiger partial charge in [-0.05, 0) is 48.9 Å². The lowest BCUT2D eigenvalue weighted by atomic mass is 9.90. The van der Waals surface area contributed by atoms with E-state index in [1.54, 1.807) is 18.6 Å². The van der Waals surface area contributed by atoms with Crippen molar-refractivity contribution in [1.29, 1.82) is 0 Å². The van der Waals surface area contributed by atoms with Crippen LogP contribution >= 0.6 is 0 Å². The Morgan fingerprint density at radius 3 is 2.68 bits per heavy atom. The van der Waals surface area contributed by atoms with Crippen LogP contribution in [0.25, 0.3) is 11.1 Å². The highest BCUT2D eigenvalue weighted by atomic mass is 16.5. The van der Waals surface area contributed by atoms with Gasteiger partial charge in [0, 0.05) is 35.9 Å². The van der Waals surface area contributed by atoms with E-state index >= 15 is 0 Å². The number of rotatable bonds is 4. The summed E-state index contributed by atoms with van der Waals surface area (Å²) < 4.78 is 5.90. The fraction of sp³-hybridized carbons (Fsp3) is 0.263. The number of hydrogen-bond donors (Lipinski definition) is 1. The monoisotopic (exact) mass is 333 g/mol. The van der Waals surface area contributed by atoms with E-state index in [9.17, 15) is 0 Å². The van der Waals surface area contributed by atoms with Crippen LogP contribution < -0.4 is 10.5 Å². The summed E-state index contributed by atoms with van der Waals surface area (Å²) in [6, 6.07) is 7.75. The number of aryl methyl sites for hydroxylation is 1. The normalized spacial score (nSPS) is 13.3. The van der Waals surface area contributed by atoms with Crippen LogP contribution in [0.3, 0.4) is 0 Å². The lowest BCUT2D eigenvalue weighted by Crippen LogP contribution is -2.09. The second-order valence-corrected chi connectivity index (χ2v) is 6.08. The fourth-order valence-corrected chi connectivity index (χ4v) is 3.12. The van der Waals surface area contributed by atoms with Crippen LogP contribution in [0.4, 0.5) is 5.95 Å². The minimum Gasteiger partial charge on any atom is -0.471 e. The molecule has 0 radical (unpaired) electrons. The first-order chi connectivity index (χ1) is 12.3. The molecule has 4 rings (SSSR count). The molecule has 0 atom stereocenters. The first-order valence-corrected chi connectivity index (χ1v) is 8.43. The summed E-state index contributed by atoms with van der Waals surface area (Å²) in [7, 11) is 0. The zero-order valence-electron chi connectivity index (χ0n) is 13.9. The number of anilines is 1. The highest BCUT2D eigenvalue weighted by Crippen LogP contribution is 2.33. The Kier molecular flexibility index (Phi) is 4.24. The van der Waals surface area contributed by atoms with Gasteiger partial charge in [0.25, 0.3) is 0 Å². The molecule has 3 aromatic heterocycles. The van der Waals surface area contributed by atoms with Gasteiger partial charge in [-0.15, -0.1) is 0 Å². The molecule has 0 aromatic carbocycles. The predicted molar refractivity (Wildman–Crippen MR) is 94.9 cm³/mol. The van der Waals surface area contributed by atoms with Crippen LogP contribution in [0, 0.1) is 0 Å². The maximum atomic E-state index is 5.90. The van der Waals surface area contributed by atoms with Crippen LogP contribution in [0.1, 0.15) is 29.8 Å². The first-order valence-electron chi connectivity index (χ1n) is 8.43. The SMILES string of the molecule is Nc1ncc(-c2cc(OCc3ccccn3)nc3c2CCCC3)cn1. The molecule has 6 heteroatoms. The molecule has 3 heterocycles. The maximum absolute atomic E-state index is 5.90. The van der Waals surface area contributed by atoms with Gasteiger partial charge in [-0.3, -0.25) is 4.98 Å². The number of fused-ring (bicyclic) bond motifs is 1. The van der Waals surface area contributed by atoms with E-state index in [2.05, 4.69) is 15.0 Å². The van der Waals surface area contributed by atoms with E-state index in [0.29, 0.717) is 12.5 Å². The number of ether oxygens (including phenoxy) is 1. The van der Waals surface area contributed by atoms with Gasteiger partial charge in [-0.2, -0.15) is 0 Å². The third-order valence-corrected chi connectivity index (χ3v) is 4.35. The number of pyridine rings is 2. The van der Waals surface area contributed by atoms with Crippen molar-refractivity contribution in [3.05, 3.63) is 59.8 Å². The van der Waals surface area contributed by atoms with Crippen LogP contribution in [0.15, 0.2) is 42.9 Å². The van der Waals surface area contributed by atoms with E-state index in [-0.39, 0.29) is 5.95 Å². The average molecular weight is 333 g/mol. The van der Waals surface area contributed by atoms with Gasteiger partial charge >= 0.3 is 0 Å². The van der Waals surface area contributed by atoms with Crippen molar-refractivity contribution < 1.29 is 4.74 Å². The molecule has 0 unspecified atom stereocenters. The van der Waals surface area contributed by atoms with E-state index < -0.39 is 0 Å². The molecule has 0 amide bonds. The highest BCUT2D eigenvalue weighted by Gasteiger charge is 2.18. The smallest absolute Gasteiger partial charge is 0.219 e. The quantitative estimate of drug-likeness (QED) is 0.790. The molecule has 2 N–H and O–H groups in total. The zero-order valence-corrected chi connectivity index (χ0v) is 13.9. The maximum Gasteiger partial charge on any atom is 0.219 e. The number of nitrogen functional groups attached to an aromatic ring is 1. The van der Waals surface area contributed by atoms with E-state index in [1.807, 2.05) is 24.3 Å². The van der Waals surface area contributed by atoms with Gasteiger partial charge in [0.2, 0.25) is 11.8 Å². The van der Waals surface area contributed by atoms with Crippen molar-refractivity contribution in [2.75, 3.05) is 5.73 Å². The van der Waals surface area contributed by atoms with Gasteiger partial charge in [0.1, 0.15) is 6.61 Å². The second-order valence-electron chi connectivity index (χ2n) is 6.08. The molecule has 3 aromatic rings. The third kappa shape index (κ3) is 3.42. The first kappa shape index (κ1) is 15.5. The number of hydrogen-bond acceptors (Lipinski definition) is 6. The van der Waals surface area contributed by atoms with Crippen molar-refractivity contribution in [3.63, 3.8) is 0 Å². The van der Waals surface area contributed by atoms with Crippen molar-refractivity contribution >= 4 is 5.95 Å².